The van der Waals surface area contributed by atoms with Crippen molar-refractivity contribution < 1.29 is 28.9 Å². The Bertz CT molecular complexity index is 1290. The Kier molecular flexibility index (Phi) is 10.8. The number of nitrogens with one attached hydrogen (secondary N) is 2. The third kappa shape index (κ3) is 8.54. The van der Waals surface area contributed by atoms with Gasteiger partial charge in [-0.1, -0.05) is 23.7 Å². The minimum atomic E-state index is -1.30. The third-order valence-electron chi connectivity index (χ3n) is 6.09. The van der Waals surface area contributed by atoms with Crippen LogP contribution in [0.15, 0.2) is 41.8 Å². The lowest BCUT2D eigenvalue weighted by Crippen LogP contribution is -2.59. The van der Waals surface area contributed by atoms with Crippen LogP contribution in [0.2, 0.25) is 5.15 Å². The minimum Gasteiger partial charge on any atom is -0.488 e. The van der Waals surface area contributed by atoms with Gasteiger partial charge in [0.15, 0.2) is 5.79 Å². The zero-order valence-electron chi connectivity index (χ0n) is 23.7. The maximum Gasteiger partial charge on any atom is 0.405 e. The van der Waals surface area contributed by atoms with Crippen LogP contribution in [0.5, 0.6) is 5.75 Å². The highest BCUT2D eigenvalue weighted by Crippen LogP contribution is 2.32. The normalized spacial score (nSPS) is 13.6. The minimum absolute atomic E-state index is 0.147. The highest BCUT2D eigenvalue weighted by atomic mass is 35.5. The summed E-state index contributed by atoms with van der Waals surface area (Å²) in [6, 6.07) is 9.22. The summed E-state index contributed by atoms with van der Waals surface area (Å²) in [5, 5.41) is 17.1. The maximum absolute atomic E-state index is 13.5. The fraction of sp³-hybridized carbons (Fsp3) is 0.483. The van der Waals surface area contributed by atoms with Gasteiger partial charge in [-0.2, -0.15) is 0 Å². The molecule has 2 amide bonds. The molecule has 0 saturated heterocycles. The molecule has 3 rings (SSSR count). The van der Waals surface area contributed by atoms with Crippen molar-refractivity contribution in [1.82, 2.24) is 15.6 Å². The van der Waals surface area contributed by atoms with Crippen LogP contribution in [0, 0.1) is 0 Å². The van der Waals surface area contributed by atoms with Gasteiger partial charge < -0.3 is 30.0 Å². The van der Waals surface area contributed by atoms with Gasteiger partial charge in [-0.25, -0.2) is 9.78 Å². The number of aromatic nitrogens is 1. The van der Waals surface area contributed by atoms with E-state index in [0.29, 0.717) is 30.5 Å². The molecule has 0 unspecified atom stereocenters. The van der Waals surface area contributed by atoms with Crippen molar-refractivity contribution in [2.24, 2.45) is 0 Å². The predicted octanol–water partition coefficient (Wildman–Crippen LogP) is 5.82. The summed E-state index contributed by atoms with van der Waals surface area (Å²) >= 11 is 7.70. The van der Waals surface area contributed by atoms with Gasteiger partial charge in [0.25, 0.3) is 0 Å². The number of carbonyl (C=O) groups excluding carboxylic acids is 1. The first kappa shape index (κ1) is 31.6. The van der Waals surface area contributed by atoms with Gasteiger partial charge >= 0.3 is 6.09 Å². The first-order chi connectivity index (χ1) is 18.9. The number of rotatable bonds is 13. The molecule has 2 heterocycles. The zero-order valence-corrected chi connectivity index (χ0v) is 25.3. The second-order valence-electron chi connectivity index (χ2n) is 10.4. The Morgan fingerprint density at radius 1 is 1.05 bits per heavy atom. The van der Waals surface area contributed by atoms with E-state index in [9.17, 15) is 14.7 Å². The van der Waals surface area contributed by atoms with Gasteiger partial charge in [-0.3, -0.25) is 4.79 Å². The van der Waals surface area contributed by atoms with E-state index >= 15 is 0 Å². The average molecular weight is 592 g/mol. The Balaban J connectivity index is 1.83. The molecule has 0 aliphatic heterocycles. The molecule has 40 heavy (non-hydrogen) atoms. The van der Waals surface area contributed by atoms with Gasteiger partial charge in [-0.05, 0) is 82.3 Å². The molecule has 0 aliphatic rings. The fourth-order valence-electron chi connectivity index (χ4n) is 4.43. The fourth-order valence-corrected chi connectivity index (χ4v) is 5.48. The second-order valence-corrected chi connectivity index (χ2v) is 11.7. The molecule has 0 radical (unpaired) electrons. The van der Waals surface area contributed by atoms with Gasteiger partial charge in [0, 0.05) is 26.1 Å². The number of thiophene rings is 1. The highest BCUT2D eigenvalue weighted by Gasteiger charge is 2.41. The van der Waals surface area contributed by atoms with E-state index in [-0.39, 0.29) is 12.0 Å². The Morgan fingerprint density at radius 2 is 1.70 bits per heavy atom. The van der Waals surface area contributed by atoms with Crippen molar-refractivity contribution in [3.63, 3.8) is 0 Å². The SMILES string of the molecule is CCOC(Cc1csc2ccc(Cl)nc12)(OCC)[C@H](C)NC(=O)[C@H](Cc1ccc(OC(C)(C)C)cc1)NC(=O)O. The molecule has 11 heteroatoms. The smallest absolute Gasteiger partial charge is 0.405 e. The number of halogens is 1. The zero-order chi connectivity index (χ0) is 29.5. The highest BCUT2D eigenvalue weighted by molar-refractivity contribution is 7.17. The van der Waals surface area contributed by atoms with Crippen molar-refractivity contribution in [2.45, 2.75) is 77.9 Å². The molecule has 0 aliphatic carbocycles. The topological polar surface area (TPSA) is 119 Å². The average Bonchev–Trinajstić information content (AvgIpc) is 3.25. The van der Waals surface area contributed by atoms with Gasteiger partial charge in [-0.15, -0.1) is 11.3 Å². The summed E-state index contributed by atoms with van der Waals surface area (Å²) in [5.41, 5.74) is 2.06. The summed E-state index contributed by atoms with van der Waals surface area (Å²) in [6.45, 7) is 12.0. The molecular formula is C29H38ClN3O6S. The number of hydrogen-bond acceptors (Lipinski definition) is 7. The molecule has 0 bridgehead atoms. The monoisotopic (exact) mass is 591 g/mol. The van der Waals surface area contributed by atoms with E-state index < -0.39 is 29.9 Å². The molecule has 0 saturated carbocycles. The number of pyridine rings is 1. The van der Waals surface area contributed by atoms with Crippen LogP contribution in [0.25, 0.3) is 10.2 Å². The van der Waals surface area contributed by atoms with E-state index in [1.54, 1.807) is 25.1 Å². The van der Waals surface area contributed by atoms with Gasteiger partial charge in [0.2, 0.25) is 5.91 Å². The standard InChI is InChI=1S/C29H38ClN3O6S/c1-7-37-29(38-8-2,16-20-17-40-23-13-14-24(30)33-25(20)23)18(3)31-26(34)22(32-27(35)36)15-19-9-11-21(12-10-19)39-28(4,5)6/h9-14,17-18,22,32H,7-8,15-16H2,1-6H3,(H,31,34)(H,35,36)/t18-,22-/m0/s1. The van der Waals surface area contributed by atoms with Crippen LogP contribution in [0.1, 0.15) is 52.7 Å². The van der Waals surface area contributed by atoms with E-state index in [0.717, 1.165) is 21.3 Å². The lowest BCUT2D eigenvalue weighted by molar-refractivity contribution is -0.246. The van der Waals surface area contributed by atoms with Crippen LogP contribution in [0.4, 0.5) is 4.79 Å². The quantitative estimate of drug-likeness (QED) is 0.169. The first-order valence-electron chi connectivity index (χ1n) is 13.2. The molecule has 9 nitrogen and oxygen atoms in total. The number of carboxylic acid groups (broad SMARTS) is 1. The lowest BCUT2D eigenvalue weighted by Gasteiger charge is -2.39. The van der Waals surface area contributed by atoms with Crippen LogP contribution < -0.4 is 15.4 Å². The summed E-state index contributed by atoms with van der Waals surface area (Å²) in [5.74, 6) is -1.03. The van der Waals surface area contributed by atoms with Crippen molar-refractivity contribution >= 4 is 45.2 Å². The van der Waals surface area contributed by atoms with Crippen LogP contribution in [-0.2, 0) is 27.1 Å². The van der Waals surface area contributed by atoms with E-state index in [1.807, 2.05) is 58.2 Å². The number of ether oxygens (including phenoxy) is 3. The summed E-state index contributed by atoms with van der Waals surface area (Å²) in [4.78, 5) is 29.5. The number of carbonyl (C=O) groups is 2. The van der Waals surface area contributed by atoms with E-state index in [4.69, 9.17) is 25.8 Å². The van der Waals surface area contributed by atoms with Crippen LogP contribution >= 0.6 is 22.9 Å². The number of amides is 2. The molecule has 0 fully saturated rings. The summed E-state index contributed by atoms with van der Waals surface area (Å²) < 4.78 is 19.2. The molecule has 1 aromatic carbocycles. The summed E-state index contributed by atoms with van der Waals surface area (Å²) in [6.07, 6.45) is -0.849. The molecular weight excluding hydrogens is 554 g/mol. The second kappa shape index (κ2) is 13.6. The largest absolute Gasteiger partial charge is 0.488 e. The molecule has 218 valence electrons. The van der Waals surface area contributed by atoms with E-state index in [1.165, 1.54) is 11.3 Å². The van der Waals surface area contributed by atoms with E-state index in [2.05, 4.69) is 15.6 Å². The molecule has 2 atom stereocenters. The number of nitrogens with zero attached hydrogens (tertiary/aromatic N) is 1. The number of benzene rings is 1. The van der Waals surface area contributed by atoms with Crippen LogP contribution in [0.3, 0.4) is 0 Å². The Labute approximate surface area is 244 Å². The first-order valence-corrected chi connectivity index (χ1v) is 14.5. The third-order valence-corrected chi connectivity index (χ3v) is 7.29. The van der Waals surface area contributed by atoms with Crippen molar-refractivity contribution in [3.8, 4) is 5.75 Å². The Hall–Kier alpha value is -2.92. The van der Waals surface area contributed by atoms with Crippen molar-refractivity contribution in [1.29, 1.82) is 0 Å². The van der Waals surface area contributed by atoms with Crippen molar-refractivity contribution in [2.75, 3.05) is 13.2 Å². The molecule has 3 aromatic rings. The summed E-state index contributed by atoms with van der Waals surface area (Å²) in [7, 11) is 0. The number of fused-ring (bicyclic) bond motifs is 1. The maximum atomic E-state index is 13.5. The van der Waals surface area contributed by atoms with Crippen LogP contribution in [-0.4, -0.2) is 58.8 Å². The predicted molar refractivity (Wildman–Crippen MR) is 157 cm³/mol. The Morgan fingerprint density at radius 3 is 2.27 bits per heavy atom. The molecule has 0 spiro atoms. The van der Waals surface area contributed by atoms with Crippen molar-refractivity contribution in [3.05, 3.63) is 58.1 Å². The van der Waals surface area contributed by atoms with Gasteiger partial charge in [0.1, 0.15) is 22.5 Å². The number of hydrogen-bond donors (Lipinski definition) is 3. The van der Waals surface area contributed by atoms with Gasteiger partial charge in [0.05, 0.1) is 16.3 Å². The molecule has 3 N–H and O–H groups in total. The molecule has 2 aromatic heterocycles. The lowest BCUT2D eigenvalue weighted by atomic mass is 9.98.